The molecule has 0 aliphatic heterocycles. The second-order valence-electron chi connectivity index (χ2n) is 2.09. The standard InChI is InChI=1S/C6H10O6/c1-12-6(11)5(10)4(9)3(8)2-7/h2-5,8-10H,1H3. The molecule has 0 spiro atoms. The van der Waals surface area contributed by atoms with Gasteiger partial charge in [-0.15, -0.1) is 0 Å². The second kappa shape index (κ2) is 4.81. The first-order chi connectivity index (χ1) is 5.54. The smallest absolute Gasteiger partial charge is 0.337 e. The van der Waals surface area contributed by atoms with Crippen LogP contribution in [0.1, 0.15) is 0 Å². The van der Waals surface area contributed by atoms with E-state index in [-0.39, 0.29) is 6.29 Å². The predicted molar refractivity (Wildman–Crippen MR) is 36.1 cm³/mol. The molecule has 0 fully saturated rings. The molecular weight excluding hydrogens is 168 g/mol. The van der Waals surface area contributed by atoms with Crippen molar-refractivity contribution in [3.05, 3.63) is 0 Å². The molecule has 12 heavy (non-hydrogen) atoms. The van der Waals surface area contributed by atoms with E-state index in [0.29, 0.717) is 0 Å². The molecule has 0 heterocycles. The molecule has 6 heteroatoms. The Morgan fingerprint density at radius 1 is 1.42 bits per heavy atom. The van der Waals surface area contributed by atoms with E-state index in [1.807, 2.05) is 0 Å². The molecule has 3 N–H and O–H groups in total. The van der Waals surface area contributed by atoms with Crippen LogP contribution in [0.25, 0.3) is 0 Å². The zero-order chi connectivity index (χ0) is 9.72. The Balaban J connectivity index is 4.17. The van der Waals surface area contributed by atoms with Gasteiger partial charge in [-0.3, -0.25) is 0 Å². The van der Waals surface area contributed by atoms with Gasteiger partial charge in [0.2, 0.25) is 0 Å². The van der Waals surface area contributed by atoms with Crippen molar-refractivity contribution in [3.63, 3.8) is 0 Å². The highest BCUT2D eigenvalue weighted by Gasteiger charge is 2.30. The number of carbonyl (C=O) groups excluding carboxylic acids is 2. The lowest BCUT2D eigenvalue weighted by Gasteiger charge is -2.16. The lowest BCUT2D eigenvalue weighted by molar-refractivity contribution is -0.161. The van der Waals surface area contributed by atoms with Gasteiger partial charge in [-0.05, 0) is 0 Å². The van der Waals surface area contributed by atoms with Crippen LogP contribution >= 0.6 is 0 Å². The maximum Gasteiger partial charge on any atom is 0.337 e. The first kappa shape index (κ1) is 11.0. The third kappa shape index (κ3) is 2.57. The fourth-order valence-corrected chi connectivity index (χ4v) is 0.527. The molecule has 0 bridgehead atoms. The number of ether oxygens (including phenoxy) is 1. The summed E-state index contributed by atoms with van der Waals surface area (Å²) in [7, 11) is 1.01. The fraction of sp³-hybridized carbons (Fsp3) is 0.667. The van der Waals surface area contributed by atoms with Crippen molar-refractivity contribution >= 4 is 12.3 Å². The highest BCUT2D eigenvalue weighted by Crippen LogP contribution is 1.99. The normalized spacial score (nSPS) is 17.7. The number of aldehydes is 1. The van der Waals surface area contributed by atoms with Crippen LogP contribution in [0.3, 0.4) is 0 Å². The van der Waals surface area contributed by atoms with Crippen LogP contribution in [-0.4, -0.2) is 53.0 Å². The number of methoxy groups -OCH3 is 1. The monoisotopic (exact) mass is 178 g/mol. The summed E-state index contributed by atoms with van der Waals surface area (Å²) >= 11 is 0. The minimum atomic E-state index is -1.91. The van der Waals surface area contributed by atoms with Gasteiger partial charge in [-0.25, -0.2) is 4.79 Å². The lowest BCUT2D eigenvalue weighted by atomic mass is 10.1. The van der Waals surface area contributed by atoms with Gasteiger partial charge in [0.25, 0.3) is 0 Å². The second-order valence-corrected chi connectivity index (χ2v) is 2.09. The molecule has 3 atom stereocenters. The topological polar surface area (TPSA) is 104 Å². The van der Waals surface area contributed by atoms with E-state index in [1.54, 1.807) is 0 Å². The molecule has 0 saturated heterocycles. The Labute approximate surface area is 68.4 Å². The number of hydrogen-bond donors (Lipinski definition) is 3. The van der Waals surface area contributed by atoms with Crippen molar-refractivity contribution < 1.29 is 29.6 Å². The van der Waals surface area contributed by atoms with E-state index in [9.17, 15) is 9.59 Å². The Hall–Kier alpha value is -0.980. The van der Waals surface area contributed by atoms with Gasteiger partial charge in [-0.2, -0.15) is 0 Å². The van der Waals surface area contributed by atoms with Crippen LogP contribution in [0.5, 0.6) is 0 Å². The van der Waals surface area contributed by atoms with Gasteiger partial charge in [0.15, 0.2) is 12.4 Å². The quantitative estimate of drug-likeness (QED) is 0.323. The van der Waals surface area contributed by atoms with E-state index in [2.05, 4.69) is 4.74 Å². The Kier molecular flexibility index (Phi) is 4.42. The average molecular weight is 178 g/mol. The maximum absolute atomic E-state index is 10.5. The number of rotatable bonds is 4. The van der Waals surface area contributed by atoms with Crippen molar-refractivity contribution in [2.24, 2.45) is 0 Å². The minimum absolute atomic E-state index is 0.0107. The zero-order valence-electron chi connectivity index (χ0n) is 6.38. The summed E-state index contributed by atoms with van der Waals surface area (Å²) in [6.07, 6.45) is -5.54. The Morgan fingerprint density at radius 3 is 2.25 bits per heavy atom. The first-order valence-corrected chi connectivity index (χ1v) is 3.12. The molecule has 0 aliphatic carbocycles. The molecule has 0 aromatic heterocycles. The van der Waals surface area contributed by atoms with E-state index in [0.717, 1.165) is 7.11 Å². The molecule has 70 valence electrons. The summed E-state index contributed by atoms with van der Waals surface area (Å²) in [6.45, 7) is 0. The summed E-state index contributed by atoms with van der Waals surface area (Å²) in [4.78, 5) is 20.4. The van der Waals surface area contributed by atoms with Crippen molar-refractivity contribution in [2.75, 3.05) is 7.11 Å². The molecule has 0 aromatic carbocycles. The molecule has 0 saturated carbocycles. The number of carbonyl (C=O) groups is 2. The van der Waals surface area contributed by atoms with Crippen LogP contribution < -0.4 is 0 Å². The molecule has 0 aromatic rings. The highest BCUT2D eigenvalue weighted by molar-refractivity contribution is 5.76. The van der Waals surface area contributed by atoms with Gasteiger partial charge in [0, 0.05) is 0 Å². The fourth-order valence-electron chi connectivity index (χ4n) is 0.527. The van der Waals surface area contributed by atoms with Crippen LogP contribution in [0.15, 0.2) is 0 Å². The largest absolute Gasteiger partial charge is 0.467 e. The summed E-state index contributed by atoms with van der Waals surface area (Å²) in [6, 6.07) is 0. The first-order valence-electron chi connectivity index (χ1n) is 3.12. The summed E-state index contributed by atoms with van der Waals surface area (Å²) < 4.78 is 4.05. The van der Waals surface area contributed by atoms with E-state index >= 15 is 0 Å². The van der Waals surface area contributed by atoms with Gasteiger partial charge in [0.05, 0.1) is 7.11 Å². The maximum atomic E-state index is 10.5. The van der Waals surface area contributed by atoms with Crippen LogP contribution in [-0.2, 0) is 14.3 Å². The highest BCUT2D eigenvalue weighted by atomic mass is 16.5. The van der Waals surface area contributed by atoms with Gasteiger partial charge < -0.3 is 24.9 Å². The summed E-state index contributed by atoms with van der Waals surface area (Å²) in [5.74, 6) is -1.11. The molecule has 0 radical (unpaired) electrons. The van der Waals surface area contributed by atoms with E-state index in [1.165, 1.54) is 0 Å². The van der Waals surface area contributed by atoms with E-state index < -0.39 is 24.3 Å². The minimum Gasteiger partial charge on any atom is -0.467 e. The molecule has 0 aliphatic rings. The third-order valence-corrected chi connectivity index (χ3v) is 1.26. The molecular formula is C6H10O6. The Bertz CT molecular complexity index is 167. The SMILES string of the molecule is COC(=O)C(O)C(O)C(O)C=O. The molecule has 0 rings (SSSR count). The predicted octanol–water partition coefficient (Wildman–Crippen LogP) is -2.56. The number of aliphatic hydroxyl groups is 3. The van der Waals surface area contributed by atoms with Crippen LogP contribution in [0.2, 0.25) is 0 Å². The number of hydrogen-bond acceptors (Lipinski definition) is 6. The summed E-state index contributed by atoms with van der Waals surface area (Å²) in [5.41, 5.74) is 0. The van der Waals surface area contributed by atoms with Gasteiger partial charge in [-0.1, -0.05) is 0 Å². The molecule has 6 nitrogen and oxygen atoms in total. The Morgan fingerprint density at radius 2 is 1.92 bits per heavy atom. The van der Waals surface area contributed by atoms with Crippen molar-refractivity contribution in [1.82, 2.24) is 0 Å². The molecule has 3 unspecified atom stereocenters. The number of aliphatic hydroxyl groups excluding tert-OH is 3. The average Bonchev–Trinajstić information content (AvgIpc) is 2.12. The van der Waals surface area contributed by atoms with Crippen molar-refractivity contribution in [3.8, 4) is 0 Å². The molecule has 0 amide bonds. The van der Waals surface area contributed by atoms with Crippen LogP contribution in [0.4, 0.5) is 0 Å². The van der Waals surface area contributed by atoms with E-state index in [4.69, 9.17) is 15.3 Å². The zero-order valence-corrected chi connectivity index (χ0v) is 6.38. The third-order valence-electron chi connectivity index (χ3n) is 1.26. The van der Waals surface area contributed by atoms with Gasteiger partial charge >= 0.3 is 5.97 Å². The van der Waals surface area contributed by atoms with Crippen molar-refractivity contribution in [1.29, 1.82) is 0 Å². The van der Waals surface area contributed by atoms with Gasteiger partial charge in [0.1, 0.15) is 12.2 Å². The number of esters is 1. The van der Waals surface area contributed by atoms with Crippen LogP contribution in [0, 0.1) is 0 Å². The van der Waals surface area contributed by atoms with Crippen molar-refractivity contribution in [2.45, 2.75) is 18.3 Å². The lowest BCUT2D eigenvalue weighted by Crippen LogP contribution is -2.43. The summed E-state index contributed by atoms with van der Waals surface area (Å²) in [5, 5.41) is 26.4.